The lowest BCUT2D eigenvalue weighted by atomic mass is 10.1. The van der Waals surface area contributed by atoms with E-state index >= 15 is 0 Å². The van der Waals surface area contributed by atoms with E-state index < -0.39 is 0 Å². The lowest BCUT2D eigenvalue weighted by Crippen LogP contribution is -2.55. The fourth-order valence-electron chi connectivity index (χ4n) is 2.24. The molecule has 2 rings (SSSR count). The summed E-state index contributed by atoms with van der Waals surface area (Å²) in [4.78, 5) is 13.4. The molecule has 1 aromatic heterocycles. The van der Waals surface area contributed by atoms with Crippen LogP contribution in [0.15, 0.2) is 12.4 Å². The average Bonchev–Trinajstić information content (AvgIpc) is 2.35. The molecule has 2 heterocycles. The zero-order valence-electron chi connectivity index (χ0n) is 10.8. The third kappa shape index (κ3) is 2.56. The Morgan fingerprint density at radius 3 is 2.53 bits per heavy atom. The van der Waals surface area contributed by atoms with Gasteiger partial charge >= 0.3 is 0 Å². The minimum absolute atomic E-state index is 0.444. The van der Waals surface area contributed by atoms with Crippen LogP contribution in [0.2, 0.25) is 0 Å². The highest BCUT2D eigenvalue weighted by atomic mass is 15.3. The molecule has 2 N–H and O–H groups in total. The molecule has 1 aliphatic rings. The summed E-state index contributed by atoms with van der Waals surface area (Å²) in [6.45, 7) is 6.90. The van der Waals surface area contributed by atoms with Gasteiger partial charge < -0.3 is 10.6 Å². The molecule has 1 aromatic rings. The van der Waals surface area contributed by atoms with Crippen LogP contribution >= 0.6 is 0 Å². The van der Waals surface area contributed by atoms with Gasteiger partial charge in [-0.2, -0.15) is 0 Å². The van der Waals surface area contributed by atoms with Crippen LogP contribution < -0.4 is 10.6 Å². The van der Waals surface area contributed by atoms with Crippen LogP contribution in [0, 0.1) is 0 Å². The summed E-state index contributed by atoms with van der Waals surface area (Å²) in [5.74, 6) is 0.944. The second-order valence-corrected chi connectivity index (χ2v) is 4.84. The zero-order valence-corrected chi connectivity index (χ0v) is 10.8. The molecule has 0 saturated carbocycles. The highest BCUT2D eigenvalue weighted by molar-refractivity contribution is 5.37. The van der Waals surface area contributed by atoms with E-state index in [4.69, 9.17) is 5.73 Å². The summed E-state index contributed by atoms with van der Waals surface area (Å²) in [5.41, 5.74) is 6.44. The van der Waals surface area contributed by atoms with Gasteiger partial charge in [0.2, 0.25) is 0 Å². The Morgan fingerprint density at radius 2 is 1.94 bits per heavy atom. The van der Waals surface area contributed by atoms with Gasteiger partial charge in [-0.3, -0.25) is 9.88 Å². The van der Waals surface area contributed by atoms with Crippen molar-refractivity contribution < 1.29 is 0 Å². The van der Waals surface area contributed by atoms with Crippen LogP contribution in [0.5, 0.6) is 0 Å². The number of rotatable bonds is 2. The van der Waals surface area contributed by atoms with E-state index in [0.29, 0.717) is 18.6 Å². The van der Waals surface area contributed by atoms with Gasteiger partial charge in [0, 0.05) is 37.9 Å². The van der Waals surface area contributed by atoms with Crippen molar-refractivity contribution in [3.05, 3.63) is 18.1 Å². The van der Waals surface area contributed by atoms with Crippen molar-refractivity contribution >= 4 is 5.82 Å². The maximum Gasteiger partial charge on any atom is 0.147 e. The van der Waals surface area contributed by atoms with E-state index in [0.717, 1.165) is 24.6 Å². The molecule has 2 atom stereocenters. The number of hydrogen-bond donors (Lipinski definition) is 1. The monoisotopic (exact) mass is 235 g/mol. The van der Waals surface area contributed by atoms with Crippen molar-refractivity contribution in [3.63, 3.8) is 0 Å². The van der Waals surface area contributed by atoms with Crippen molar-refractivity contribution in [3.8, 4) is 0 Å². The molecule has 0 spiro atoms. The molecule has 1 fully saturated rings. The number of hydrogen-bond acceptors (Lipinski definition) is 5. The second kappa shape index (κ2) is 4.98. The first-order valence-electron chi connectivity index (χ1n) is 6.09. The van der Waals surface area contributed by atoms with Crippen LogP contribution in [0.1, 0.15) is 19.5 Å². The van der Waals surface area contributed by atoms with Crippen LogP contribution in [0.25, 0.3) is 0 Å². The third-order valence-electron chi connectivity index (χ3n) is 3.56. The highest BCUT2D eigenvalue weighted by Gasteiger charge is 2.27. The predicted octanol–water partition coefficient (Wildman–Crippen LogP) is 0.464. The molecular weight excluding hydrogens is 214 g/mol. The first-order chi connectivity index (χ1) is 8.11. The summed E-state index contributed by atoms with van der Waals surface area (Å²) < 4.78 is 0. The number of likely N-dealkylation sites (N-methyl/N-ethyl adjacent to an activating group) is 1. The van der Waals surface area contributed by atoms with Gasteiger partial charge in [0.15, 0.2) is 0 Å². The van der Waals surface area contributed by atoms with E-state index in [9.17, 15) is 0 Å². The number of piperazine rings is 1. The van der Waals surface area contributed by atoms with Gasteiger partial charge in [0.25, 0.3) is 0 Å². The zero-order chi connectivity index (χ0) is 12.4. The SMILES string of the molecule is CC1CN(c2cncc(CN)n2)CC(C)N1C. The Hall–Kier alpha value is -1.20. The van der Waals surface area contributed by atoms with Gasteiger partial charge in [-0.1, -0.05) is 0 Å². The number of nitrogens with zero attached hydrogens (tertiary/aromatic N) is 4. The minimum atomic E-state index is 0.444. The van der Waals surface area contributed by atoms with Crippen molar-refractivity contribution in [2.24, 2.45) is 5.73 Å². The Balaban J connectivity index is 2.16. The standard InChI is InChI=1S/C12H21N5/c1-9-7-17(8-10(2)16(9)3)12-6-14-5-11(4-13)15-12/h5-6,9-10H,4,7-8,13H2,1-3H3. The molecule has 0 aliphatic carbocycles. The normalized spacial score (nSPS) is 26.2. The van der Waals surface area contributed by atoms with E-state index in [1.54, 1.807) is 6.20 Å². The second-order valence-electron chi connectivity index (χ2n) is 4.84. The summed E-state index contributed by atoms with van der Waals surface area (Å²) in [6, 6.07) is 1.06. The summed E-state index contributed by atoms with van der Waals surface area (Å²) >= 11 is 0. The van der Waals surface area contributed by atoms with Crippen LogP contribution in [-0.2, 0) is 6.54 Å². The molecule has 0 aromatic carbocycles. The van der Waals surface area contributed by atoms with Gasteiger partial charge in [-0.25, -0.2) is 4.98 Å². The Labute approximate surface area is 103 Å². The van der Waals surface area contributed by atoms with E-state index in [1.165, 1.54) is 0 Å². The van der Waals surface area contributed by atoms with Crippen molar-refractivity contribution in [2.75, 3.05) is 25.0 Å². The molecule has 5 nitrogen and oxygen atoms in total. The smallest absolute Gasteiger partial charge is 0.147 e. The Bertz CT molecular complexity index is 369. The minimum Gasteiger partial charge on any atom is -0.352 e. The first kappa shape index (κ1) is 12.3. The van der Waals surface area contributed by atoms with Gasteiger partial charge in [-0.05, 0) is 20.9 Å². The summed E-state index contributed by atoms with van der Waals surface area (Å²) in [6.07, 6.45) is 3.55. The highest BCUT2D eigenvalue weighted by Crippen LogP contribution is 2.18. The predicted molar refractivity (Wildman–Crippen MR) is 68.8 cm³/mol. The number of aromatic nitrogens is 2. The molecule has 1 saturated heterocycles. The molecule has 0 amide bonds. The van der Waals surface area contributed by atoms with Crippen molar-refractivity contribution in [1.29, 1.82) is 0 Å². The van der Waals surface area contributed by atoms with Crippen LogP contribution in [-0.4, -0.2) is 47.1 Å². The van der Waals surface area contributed by atoms with Gasteiger partial charge in [-0.15, -0.1) is 0 Å². The molecule has 0 radical (unpaired) electrons. The van der Waals surface area contributed by atoms with Crippen LogP contribution in [0.4, 0.5) is 5.82 Å². The van der Waals surface area contributed by atoms with E-state index in [1.807, 2.05) is 6.20 Å². The Morgan fingerprint density at radius 1 is 1.29 bits per heavy atom. The molecule has 94 valence electrons. The van der Waals surface area contributed by atoms with Gasteiger partial charge in [0.05, 0.1) is 11.9 Å². The first-order valence-corrected chi connectivity index (χ1v) is 6.09. The molecule has 17 heavy (non-hydrogen) atoms. The van der Waals surface area contributed by atoms with E-state index in [2.05, 4.69) is 40.7 Å². The fourth-order valence-corrected chi connectivity index (χ4v) is 2.24. The molecule has 1 aliphatic heterocycles. The fraction of sp³-hybridized carbons (Fsp3) is 0.667. The molecule has 2 unspecified atom stereocenters. The van der Waals surface area contributed by atoms with Crippen molar-refractivity contribution in [1.82, 2.24) is 14.9 Å². The molecule has 5 heteroatoms. The lowest BCUT2D eigenvalue weighted by Gasteiger charge is -2.42. The maximum atomic E-state index is 5.60. The summed E-state index contributed by atoms with van der Waals surface area (Å²) in [5, 5.41) is 0. The van der Waals surface area contributed by atoms with Gasteiger partial charge in [0.1, 0.15) is 5.82 Å². The lowest BCUT2D eigenvalue weighted by molar-refractivity contribution is 0.169. The number of nitrogens with two attached hydrogens (primary N) is 1. The quantitative estimate of drug-likeness (QED) is 0.807. The largest absolute Gasteiger partial charge is 0.352 e. The summed E-state index contributed by atoms with van der Waals surface area (Å²) in [7, 11) is 2.18. The number of anilines is 1. The average molecular weight is 235 g/mol. The molecular formula is C12H21N5. The topological polar surface area (TPSA) is 58.3 Å². The molecule has 0 bridgehead atoms. The van der Waals surface area contributed by atoms with Crippen LogP contribution in [0.3, 0.4) is 0 Å². The third-order valence-corrected chi connectivity index (χ3v) is 3.56. The maximum absolute atomic E-state index is 5.60. The Kier molecular flexibility index (Phi) is 3.59. The van der Waals surface area contributed by atoms with Crippen molar-refractivity contribution in [2.45, 2.75) is 32.5 Å². The van der Waals surface area contributed by atoms with E-state index in [-0.39, 0.29) is 0 Å².